The highest BCUT2D eigenvalue weighted by Crippen LogP contribution is 2.40. The molecule has 0 bridgehead atoms. The number of nitrogens with zero attached hydrogens (tertiary/aromatic N) is 1. The van der Waals surface area contributed by atoms with E-state index in [1.807, 2.05) is 6.07 Å². The van der Waals surface area contributed by atoms with Gasteiger partial charge in [-0.2, -0.15) is 0 Å². The molecule has 0 radical (unpaired) electrons. The topological polar surface area (TPSA) is 43.4 Å². The number of ether oxygens (including phenoxy) is 2. The van der Waals surface area contributed by atoms with E-state index >= 15 is 0 Å². The third kappa shape index (κ3) is 2.92. The number of pyridine rings is 1. The summed E-state index contributed by atoms with van der Waals surface area (Å²) in [5.41, 5.74) is 4.96. The zero-order valence-electron chi connectivity index (χ0n) is 15.5. The van der Waals surface area contributed by atoms with E-state index in [2.05, 4.69) is 18.3 Å². The van der Waals surface area contributed by atoms with E-state index in [1.54, 1.807) is 14.2 Å². The van der Waals surface area contributed by atoms with Crippen LogP contribution in [0.4, 0.5) is 5.69 Å². The van der Waals surface area contributed by atoms with E-state index in [-0.39, 0.29) is 0 Å². The summed E-state index contributed by atoms with van der Waals surface area (Å²) in [4.78, 5) is 4.94. The second kappa shape index (κ2) is 6.74. The highest BCUT2D eigenvalue weighted by molar-refractivity contribution is 5.96. The van der Waals surface area contributed by atoms with Gasteiger partial charge in [0.1, 0.15) is 0 Å². The molecule has 2 atom stereocenters. The van der Waals surface area contributed by atoms with Crippen molar-refractivity contribution in [2.24, 2.45) is 5.92 Å². The van der Waals surface area contributed by atoms with Crippen molar-refractivity contribution in [3.8, 4) is 11.5 Å². The number of rotatable bonds is 4. The van der Waals surface area contributed by atoms with E-state index in [0.717, 1.165) is 35.2 Å². The molecule has 2 aliphatic carbocycles. The number of fused-ring (bicyclic) bond motifs is 2. The number of aromatic nitrogens is 1. The second-order valence-electron chi connectivity index (χ2n) is 7.50. The van der Waals surface area contributed by atoms with Gasteiger partial charge in [0.15, 0.2) is 11.5 Å². The van der Waals surface area contributed by atoms with Gasteiger partial charge in [-0.3, -0.25) is 4.98 Å². The molecule has 4 heteroatoms. The highest BCUT2D eigenvalue weighted by Gasteiger charge is 2.26. The predicted octanol–water partition coefficient (Wildman–Crippen LogP) is 4.73. The minimum Gasteiger partial charge on any atom is -0.493 e. The summed E-state index contributed by atoms with van der Waals surface area (Å²) < 4.78 is 11.0. The Hall–Kier alpha value is -1.97. The molecule has 2 unspecified atom stereocenters. The lowest BCUT2D eigenvalue weighted by Crippen LogP contribution is -2.30. The largest absolute Gasteiger partial charge is 0.493 e. The summed E-state index contributed by atoms with van der Waals surface area (Å²) in [6.07, 6.45) is 8.66. The summed E-state index contributed by atoms with van der Waals surface area (Å²) >= 11 is 0. The summed E-state index contributed by atoms with van der Waals surface area (Å²) in [5.74, 6) is 2.24. The minimum atomic E-state index is 0.553. The quantitative estimate of drug-likeness (QED) is 0.874. The first kappa shape index (κ1) is 16.5. The maximum absolute atomic E-state index is 5.55. The Morgan fingerprint density at radius 3 is 2.52 bits per heavy atom. The molecule has 0 aliphatic heterocycles. The standard InChI is InChI=1S/C21H28N2O2/c1-13-7-4-5-9-16(13)23-21-14-8-6-10-17(14)22-18-12-20(25-3)19(24-2)11-15(18)21/h11-13,16H,4-10H2,1-3H3,(H,22,23). The lowest BCUT2D eigenvalue weighted by molar-refractivity contribution is 0.349. The third-order valence-electron chi connectivity index (χ3n) is 5.96. The number of hydrogen-bond acceptors (Lipinski definition) is 4. The minimum absolute atomic E-state index is 0.553. The van der Waals surface area contributed by atoms with Crippen LogP contribution in [0, 0.1) is 5.92 Å². The molecule has 1 aromatic carbocycles. The van der Waals surface area contributed by atoms with Crippen molar-refractivity contribution < 1.29 is 9.47 Å². The number of hydrogen-bond donors (Lipinski definition) is 1. The zero-order valence-corrected chi connectivity index (χ0v) is 15.5. The molecule has 1 saturated carbocycles. The fourth-order valence-corrected chi connectivity index (χ4v) is 4.47. The summed E-state index contributed by atoms with van der Waals surface area (Å²) in [5, 5.41) is 5.09. The van der Waals surface area contributed by atoms with Gasteiger partial charge >= 0.3 is 0 Å². The molecule has 1 N–H and O–H groups in total. The van der Waals surface area contributed by atoms with Gasteiger partial charge in [0.05, 0.1) is 19.7 Å². The molecule has 0 saturated heterocycles. The van der Waals surface area contributed by atoms with Gasteiger partial charge < -0.3 is 14.8 Å². The molecular formula is C21H28N2O2. The molecule has 2 aromatic rings. The summed E-state index contributed by atoms with van der Waals surface area (Å²) in [7, 11) is 3.38. The van der Waals surface area contributed by atoms with Crippen LogP contribution in [0.2, 0.25) is 0 Å². The van der Waals surface area contributed by atoms with Gasteiger partial charge in [0, 0.05) is 28.9 Å². The molecule has 4 nitrogen and oxygen atoms in total. The SMILES string of the molecule is COc1cc2nc3c(c(NC4CCCCC4C)c2cc1OC)CCC3. The number of methoxy groups -OCH3 is 2. The van der Waals surface area contributed by atoms with Crippen molar-refractivity contribution in [2.45, 2.75) is 57.9 Å². The monoisotopic (exact) mass is 340 g/mol. The van der Waals surface area contributed by atoms with Crippen LogP contribution in [0.15, 0.2) is 12.1 Å². The molecular weight excluding hydrogens is 312 g/mol. The molecule has 1 fully saturated rings. The van der Waals surface area contributed by atoms with Crippen molar-refractivity contribution in [3.63, 3.8) is 0 Å². The molecule has 1 aromatic heterocycles. The predicted molar refractivity (Wildman–Crippen MR) is 102 cm³/mol. The number of benzene rings is 1. The van der Waals surface area contributed by atoms with Crippen LogP contribution in [-0.2, 0) is 12.8 Å². The van der Waals surface area contributed by atoms with E-state index < -0.39 is 0 Å². The molecule has 4 rings (SSSR count). The van der Waals surface area contributed by atoms with Crippen molar-refractivity contribution in [1.82, 2.24) is 4.98 Å². The van der Waals surface area contributed by atoms with Gasteiger partial charge in [-0.1, -0.05) is 19.8 Å². The smallest absolute Gasteiger partial charge is 0.162 e. The van der Waals surface area contributed by atoms with Gasteiger partial charge in [0.2, 0.25) is 0 Å². The normalized spacial score (nSPS) is 22.7. The summed E-state index contributed by atoms with van der Waals surface area (Å²) in [6, 6.07) is 4.66. The molecule has 2 aliphatic rings. The van der Waals surface area contributed by atoms with Gasteiger partial charge in [0.25, 0.3) is 0 Å². The van der Waals surface area contributed by atoms with Crippen LogP contribution in [0.5, 0.6) is 11.5 Å². The average molecular weight is 340 g/mol. The Bertz CT molecular complexity index is 787. The highest BCUT2D eigenvalue weighted by atomic mass is 16.5. The first-order valence-corrected chi connectivity index (χ1v) is 9.55. The lowest BCUT2D eigenvalue weighted by atomic mass is 9.85. The number of aryl methyl sites for hydroxylation is 1. The maximum atomic E-state index is 5.55. The fraction of sp³-hybridized carbons (Fsp3) is 0.571. The first-order valence-electron chi connectivity index (χ1n) is 9.55. The van der Waals surface area contributed by atoms with Gasteiger partial charge in [-0.15, -0.1) is 0 Å². The van der Waals surface area contributed by atoms with Crippen LogP contribution >= 0.6 is 0 Å². The van der Waals surface area contributed by atoms with E-state index in [4.69, 9.17) is 14.5 Å². The van der Waals surface area contributed by atoms with Crippen LogP contribution in [-0.4, -0.2) is 25.2 Å². The molecule has 134 valence electrons. The molecule has 0 amide bonds. The van der Waals surface area contributed by atoms with Crippen molar-refractivity contribution in [2.75, 3.05) is 19.5 Å². The molecule has 25 heavy (non-hydrogen) atoms. The molecule has 0 spiro atoms. The Kier molecular flexibility index (Phi) is 4.45. The maximum Gasteiger partial charge on any atom is 0.162 e. The van der Waals surface area contributed by atoms with Crippen molar-refractivity contribution in [1.29, 1.82) is 0 Å². The zero-order chi connectivity index (χ0) is 17.4. The van der Waals surface area contributed by atoms with Crippen LogP contribution in [0.3, 0.4) is 0 Å². The van der Waals surface area contributed by atoms with Crippen molar-refractivity contribution >= 4 is 16.6 Å². The Balaban J connectivity index is 1.85. The van der Waals surface area contributed by atoms with E-state index in [0.29, 0.717) is 12.0 Å². The third-order valence-corrected chi connectivity index (χ3v) is 5.96. The van der Waals surface area contributed by atoms with Crippen molar-refractivity contribution in [3.05, 3.63) is 23.4 Å². The van der Waals surface area contributed by atoms with Gasteiger partial charge in [-0.05, 0) is 49.7 Å². The Morgan fingerprint density at radius 2 is 1.76 bits per heavy atom. The summed E-state index contributed by atoms with van der Waals surface area (Å²) in [6.45, 7) is 2.38. The van der Waals surface area contributed by atoms with Crippen LogP contribution in [0.1, 0.15) is 50.3 Å². The average Bonchev–Trinajstić information content (AvgIpc) is 3.10. The number of anilines is 1. The van der Waals surface area contributed by atoms with Gasteiger partial charge in [-0.25, -0.2) is 0 Å². The second-order valence-corrected chi connectivity index (χ2v) is 7.50. The molecule has 1 heterocycles. The Morgan fingerprint density at radius 1 is 1.00 bits per heavy atom. The lowest BCUT2D eigenvalue weighted by Gasteiger charge is -2.31. The fourth-order valence-electron chi connectivity index (χ4n) is 4.47. The van der Waals surface area contributed by atoms with Crippen LogP contribution in [0.25, 0.3) is 10.9 Å². The van der Waals surface area contributed by atoms with Crippen LogP contribution < -0.4 is 14.8 Å². The number of nitrogens with one attached hydrogen (secondary N) is 1. The van der Waals surface area contributed by atoms with E-state index in [9.17, 15) is 0 Å². The van der Waals surface area contributed by atoms with E-state index in [1.165, 1.54) is 49.0 Å². The Labute approximate surface area is 149 Å². The first-order chi connectivity index (χ1) is 12.2.